The predicted octanol–water partition coefficient (Wildman–Crippen LogP) is 0.979. The molecule has 6 nitrogen and oxygen atoms in total. The first-order chi connectivity index (χ1) is 9.24. The highest BCUT2D eigenvalue weighted by molar-refractivity contribution is 5.92. The molecule has 2 rings (SSSR count). The summed E-state index contributed by atoms with van der Waals surface area (Å²) in [5.41, 5.74) is 0.435. The highest BCUT2D eigenvalue weighted by Crippen LogP contribution is 2.08. The molecule has 0 bridgehead atoms. The van der Waals surface area contributed by atoms with Gasteiger partial charge in [-0.3, -0.25) is 4.79 Å². The quantitative estimate of drug-likeness (QED) is 0.760. The van der Waals surface area contributed by atoms with E-state index in [2.05, 4.69) is 25.3 Å². The van der Waals surface area contributed by atoms with Crippen molar-refractivity contribution in [3.8, 4) is 0 Å². The minimum atomic E-state index is -0.386. The zero-order valence-electron chi connectivity index (χ0n) is 10.1. The van der Waals surface area contributed by atoms with Gasteiger partial charge < -0.3 is 15.2 Å². The molecule has 0 unspecified atom stereocenters. The second kappa shape index (κ2) is 6.60. The Morgan fingerprint density at radius 1 is 1.42 bits per heavy atom. The average molecular weight is 264 g/mol. The Bertz CT molecular complexity index is 530. The van der Waals surface area contributed by atoms with Gasteiger partial charge in [-0.2, -0.15) is 4.98 Å². The monoisotopic (exact) mass is 264 g/mol. The van der Waals surface area contributed by atoms with Gasteiger partial charge in [0.05, 0.1) is 6.54 Å². The van der Waals surface area contributed by atoms with Crippen molar-refractivity contribution in [3.63, 3.8) is 0 Å². The lowest BCUT2D eigenvalue weighted by atomic mass is 10.3. The number of carbonyl (C=O) groups excluding carboxylic acids is 1. The molecule has 1 amide bonds. The molecule has 1 aromatic carbocycles. The van der Waals surface area contributed by atoms with Crippen LogP contribution in [0.1, 0.15) is 5.82 Å². The highest BCUT2D eigenvalue weighted by atomic mass is 19.1. The molecule has 0 fully saturated rings. The summed E-state index contributed by atoms with van der Waals surface area (Å²) in [4.78, 5) is 15.4. The normalized spacial score (nSPS) is 10.4. The van der Waals surface area contributed by atoms with Gasteiger partial charge in [-0.1, -0.05) is 11.2 Å². The van der Waals surface area contributed by atoms with E-state index >= 15 is 0 Å². The summed E-state index contributed by atoms with van der Waals surface area (Å²) in [6, 6.07) is 5.74. The number of hydrogen-bond acceptors (Lipinski definition) is 5. The van der Waals surface area contributed by atoms with E-state index in [9.17, 15) is 9.18 Å². The lowest BCUT2D eigenvalue weighted by molar-refractivity contribution is -0.115. The van der Waals surface area contributed by atoms with Gasteiger partial charge in [-0.05, 0) is 18.2 Å². The minimum absolute atomic E-state index is 0.133. The van der Waals surface area contributed by atoms with Gasteiger partial charge in [-0.25, -0.2) is 4.39 Å². The lowest BCUT2D eigenvalue weighted by Gasteiger charge is -2.05. The first kappa shape index (κ1) is 13.2. The van der Waals surface area contributed by atoms with Crippen molar-refractivity contribution in [2.75, 3.05) is 18.4 Å². The van der Waals surface area contributed by atoms with E-state index in [1.54, 1.807) is 6.07 Å². The van der Waals surface area contributed by atoms with Crippen molar-refractivity contribution < 1.29 is 13.7 Å². The standard InChI is InChI=1S/C12H13FN4O2/c13-9-2-1-3-10(6-9)16-12(18)7-14-5-4-11-15-8-19-17-11/h1-3,6,8,14H,4-5,7H2,(H,16,18). The molecule has 1 heterocycles. The molecule has 0 saturated carbocycles. The maximum atomic E-state index is 12.9. The summed E-state index contributed by atoms with van der Waals surface area (Å²) in [5.74, 6) is -0.0420. The fourth-order valence-electron chi connectivity index (χ4n) is 1.48. The zero-order valence-corrected chi connectivity index (χ0v) is 10.1. The number of rotatable bonds is 6. The van der Waals surface area contributed by atoms with Gasteiger partial charge in [0.2, 0.25) is 12.3 Å². The van der Waals surface area contributed by atoms with Crippen molar-refractivity contribution in [1.82, 2.24) is 15.5 Å². The number of benzene rings is 1. The number of hydrogen-bond donors (Lipinski definition) is 2. The van der Waals surface area contributed by atoms with Crippen LogP contribution >= 0.6 is 0 Å². The lowest BCUT2D eigenvalue weighted by Crippen LogP contribution is -2.29. The van der Waals surface area contributed by atoms with E-state index in [1.165, 1.54) is 24.6 Å². The van der Waals surface area contributed by atoms with Gasteiger partial charge in [-0.15, -0.1) is 0 Å². The summed E-state index contributed by atoms with van der Waals surface area (Å²) >= 11 is 0. The van der Waals surface area contributed by atoms with Crippen LogP contribution in [0.5, 0.6) is 0 Å². The third kappa shape index (κ3) is 4.47. The molecule has 0 atom stereocenters. The van der Waals surface area contributed by atoms with Crippen molar-refractivity contribution >= 4 is 11.6 Å². The summed E-state index contributed by atoms with van der Waals surface area (Å²) in [5, 5.41) is 9.16. The molecule has 0 saturated heterocycles. The molecule has 0 aliphatic carbocycles. The summed E-state index contributed by atoms with van der Waals surface area (Å²) < 4.78 is 17.5. The molecule has 1 aromatic heterocycles. The van der Waals surface area contributed by atoms with Crippen LogP contribution in [0, 0.1) is 5.82 Å². The number of aromatic nitrogens is 2. The summed E-state index contributed by atoms with van der Waals surface area (Å²) in [7, 11) is 0. The maximum absolute atomic E-state index is 12.9. The number of amides is 1. The SMILES string of the molecule is O=C(CNCCc1ncon1)Nc1cccc(F)c1. The van der Waals surface area contributed by atoms with E-state index in [0.717, 1.165) is 0 Å². The number of nitrogens with one attached hydrogen (secondary N) is 2. The number of nitrogens with zero attached hydrogens (tertiary/aromatic N) is 2. The average Bonchev–Trinajstić information content (AvgIpc) is 2.88. The molecule has 0 aliphatic rings. The Morgan fingerprint density at radius 2 is 2.32 bits per heavy atom. The smallest absolute Gasteiger partial charge is 0.238 e. The van der Waals surface area contributed by atoms with Crippen LogP contribution in [0.3, 0.4) is 0 Å². The van der Waals surface area contributed by atoms with E-state index in [1.807, 2.05) is 0 Å². The van der Waals surface area contributed by atoms with Crippen LogP contribution in [-0.4, -0.2) is 29.1 Å². The van der Waals surface area contributed by atoms with E-state index in [4.69, 9.17) is 0 Å². The molecule has 7 heteroatoms. The molecule has 100 valence electrons. The fourth-order valence-corrected chi connectivity index (χ4v) is 1.48. The van der Waals surface area contributed by atoms with Crippen LogP contribution < -0.4 is 10.6 Å². The molecule has 0 spiro atoms. The highest BCUT2D eigenvalue weighted by Gasteiger charge is 2.03. The Balaban J connectivity index is 1.67. The Morgan fingerprint density at radius 3 is 3.05 bits per heavy atom. The minimum Gasteiger partial charge on any atom is -0.343 e. The second-order valence-corrected chi connectivity index (χ2v) is 3.83. The molecule has 19 heavy (non-hydrogen) atoms. The fraction of sp³-hybridized carbons (Fsp3) is 0.250. The second-order valence-electron chi connectivity index (χ2n) is 3.83. The third-order valence-electron chi connectivity index (χ3n) is 2.33. The molecule has 0 radical (unpaired) electrons. The van der Waals surface area contributed by atoms with Crippen LogP contribution in [0.2, 0.25) is 0 Å². The third-order valence-corrected chi connectivity index (χ3v) is 2.33. The molecule has 2 N–H and O–H groups in total. The molecular weight excluding hydrogens is 251 g/mol. The van der Waals surface area contributed by atoms with Gasteiger partial charge in [0.1, 0.15) is 5.82 Å². The van der Waals surface area contributed by atoms with Crippen LogP contribution in [0.4, 0.5) is 10.1 Å². The summed E-state index contributed by atoms with van der Waals surface area (Å²) in [6.07, 6.45) is 1.83. The first-order valence-electron chi connectivity index (χ1n) is 5.75. The Labute approximate surface area is 109 Å². The van der Waals surface area contributed by atoms with Crippen molar-refractivity contribution in [1.29, 1.82) is 0 Å². The van der Waals surface area contributed by atoms with Crippen molar-refractivity contribution in [3.05, 3.63) is 42.3 Å². The van der Waals surface area contributed by atoms with Crippen molar-refractivity contribution in [2.45, 2.75) is 6.42 Å². The summed E-state index contributed by atoms with van der Waals surface area (Å²) in [6.45, 7) is 0.685. The van der Waals surface area contributed by atoms with Gasteiger partial charge in [0, 0.05) is 18.7 Å². The van der Waals surface area contributed by atoms with Crippen LogP contribution in [-0.2, 0) is 11.2 Å². The topological polar surface area (TPSA) is 80.1 Å². The van der Waals surface area contributed by atoms with Crippen LogP contribution in [0.15, 0.2) is 35.2 Å². The Kier molecular flexibility index (Phi) is 4.57. The van der Waals surface area contributed by atoms with E-state index in [0.29, 0.717) is 24.5 Å². The number of carbonyl (C=O) groups is 1. The molecule has 2 aromatic rings. The zero-order chi connectivity index (χ0) is 13.5. The first-order valence-corrected chi connectivity index (χ1v) is 5.75. The van der Waals surface area contributed by atoms with E-state index in [-0.39, 0.29) is 18.3 Å². The van der Waals surface area contributed by atoms with Gasteiger partial charge >= 0.3 is 0 Å². The van der Waals surface area contributed by atoms with Crippen LogP contribution in [0.25, 0.3) is 0 Å². The number of anilines is 1. The molecular formula is C12H13FN4O2. The predicted molar refractivity (Wildman–Crippen MR) is 65.9 cm³/mol. The van der Waals surface area contributed by atoms with Gasteiger partial charge in [0.15, 0.2) is 5.82 Å². The van der Waals surface area contributed by atoms with E-state index < -0.39 is 0 Å². The molecule has 0 aliphatic heterocycles. The largest absolute Gasteiger partial charge is 0.343 e. The van der Waals surface area contributed by atoms with Gasteiger partial charge in [0.25, 0.3) is 0 Å². The van der Waals surface area contributed by atoms with Crippen molar-refractivity contribution in [2.24, 2.45) is 0 Å². The maximum Gasteiger partial charge on any atom is 0.238 e. The Hall–Kier alpha value is -2.28. The number of halogens is 1.